The van der Waals surface area contributed by atoms with Crippen molar-refractivity contribution in [3.05, 3.63) is 42.1 Å². The number of nitrogens with two attached hydrogens (primary N) is 2. The maximum atomic E-state index is 11.3. The minimum absolute atomic E-state index is 0.370. The van der Waals surface area contributed by atoms with Crippen molar-refractivity contribution < 1.29 is 4.21 Å². The molecule has 0 spiro atoms. The molecule has 5 N–H and O–H groups in total. The zero-order valence-electron chi connectivity index (χ0n) is 9.38. The largest absolute Gasteiger partial charge is 0.384 e. The molecule has 0 radical (unpaired) electrons. The Morgan fingerprint density at radius 1 is 1.35 bits per heavy atom. The maximum Gasteiger partial charge on any atom is 0.211 e. The van der Waals surface area contributed by atoms with Gasteiger partial charge < -0.3 is 11.1 Å². The van der Waals surface area contributed by atoms with Crippen LogP contribution in [0.1, 0.15) is 5.56 Å². The van der Waals surface area contributed by atoms with E-state index in [-0.39, 0.29) is 0 Å². The Bertz CT molecular complexity index is 509. The van der Waals surface area contributed by atoms with Crippen molar-refractivity contribution in [1.29, 1.82) is 0 Å². The van der Waals surface area contributed by atoms with E-state index in [4.69, 9.17) is 11.5 Å². The molecular formula is C11H14N4OS. The average molecular weight is 250 g/mol. The molecule has 1 heterocycles. The molecule has 2 rings (SSSR count). The molecule has 2 atom stereocenters. The van der Waals surface area contributed by atoms with Crippen molar-refractivity contribution in [2.24, 2.45) is 16.5 Å². The number of aliphatic imine (C=N–C) groups is 1. The van der Waals surface area contributed by atoms with Gasteiger partial charge in [0, 0.05) is 33.7 Å². The third-order valence-corrected chi connectivity index (χ3v) is 3.43. The van der Waals surface area contributed by atoms with E-state index in [1.54, 1.807) is 42.8 Å². The lowest BCUT2D eigenvalue weighted by molar-refractivity contribution is 0.409. The number of hydrogen-bond donors (Lipinski definition) is 3. The number of amidine groups is 1. The normalized spacial score (nSPS) is 24.9. The molecular weight excluding hydrogens is 236 g/mol. The lowest BCUT2D eigenvalue weighted by Crippen LogP contribution is -2.49. The summed E-state index contributed by atoms with van der Waals surface area (Å²) in [6.45, 7) is 0. The van der Waals surface area contributed by atoms with Gasteiger partial charge in [0.1, 0.15) is 5.84 Å². The van der Waals surface area contributed by atoms with Crippen LogP contribution in [0.5, 0.6) is 0 Å². The smallest absolute Gasteiger partial charge is 0.211 e. The highest BCUT2D eigenvalue weighted by Gasteiger charge is 2.27. The minimum Gasteiger partial charge on any atom is -0.384 e. The van der Waals surface area contributed by atoms with Gasteiger partial charge in [0.05, 0.1) is 0 Å². The van der Waals surface area contributed by atoms with Gasteiger partial charge in [0.25, 0.3) is 0 Å². The van der Waals surface area contributed by atoms with Gasteiger partial charge in [-0.25, -0.2) is 4.99 Å². The Kier molecular flexibility index (Phi) is 2.99. The third kappa shape index (κ3) is 2.37. The second-order valence-corrected chi connectivity index (χ2v) is 5.14. The molecule has 17 heavy (non-hydrogen) atoms. The fourth-order valence-corrected chi connectivity index (χ4v) is 2.10. The van der Waals surface area contributed by atoms with Gasteiger partial charge in [-0.05, 0) is 18.2 Å². The van der Waals surface area contributed by atoms with Crippen LogP contribution >= 0.6 is 0 Å². The van der Waals surface area contributed by atoms with E-state index >= 15 is 0 Å². The quantitative estimate of drug-likeness (QED) is 0.687. The van der Waals surface area contributed by atoms with E-state index in [2.05, 4.69) is 10.3 Å². The van der Waals surface area contributed by atoms with Crippen LogP contribution in [0.4, 0.5) is 0 Å². The van der Waals surface area contributed by atoms with E-state index in [0.717, 1.165) is 10.5 Å². The van der Waals surface area contributed by atoms with Crippen molar-refractivity contribution in [2.75, 3.05) is 6.26 Å². The summed E-state index contributed by atoms with van der Waals surface area (Å²) in [5, 5.41) is 2.94. The van der Waals surface area contributed by atoms with E-state index in [1.165, 1.54) is 0 Å². The summed E-state index contributed by atoms with van der Waals surface area (Å²) in [4.78, 5) is 4.91. The van der Waals surface area contributed by atoms with Crippen LogP contribution in [-0.4, -0.2) is 16.3 Å². The number of rotatable bonds is 2. The van der Waals surface area contributed by atoms with Gasteiger partial charge in [-0.1, -0.05) is 12.1 Å². The van der Waals surface area contributed by atoms with Gasteiger partial charge in [-0.15, -0.1) is 0 Å². The minimum atomic E-state index is -1.05. The van der Waals surface area contributed by atoms with Crippen molar-refractivity contribution in [1.82, 2.24) is 5.32 Å². The second-order valence-electron chi connectivity index (χ2n) is 3.76. The first-order valence-corrected chi connectivity index (χ1v) is 6.59. The summed E-state index contributed by atoms with van der Waals surface area (Å²) in [5.41, 5.74) is 12.5. The summed E-state index contributed by atoms with van der Waals surface area (Å²) in [5.74, 6) is -0.679. The fourth-order valence-electron chi connectivity index (χ4n) is 1.58. The topological polar surface area (TPSA) is 93.5 Å². The van der Waals surface area contributed by atoms with Crippen molar-refractivity contribution in [3.63, 3.8) is 0 Å². The van der Waals surface area contributed by atoms with Gasteiger partial charge in [0.15, 0.2) is 0 Å². The van der Waals surface area contributed by atoms with Crippen LogP contribution < -0.4 is 16.8 Å². The first kappa shape index (κ1) is 11.8. The van der Waals surface area contributed by atoms with Gasteiger partial charge in [-0.3, -0.25) is 9.94 Å². The predicted octanol–water partition coefficient (Wildman–Crippen LogP) is -0.0329. The third-order valence-electron chi connectivity index (χ3n) is 2.49. The van der Waals surface area contributed by atoms with Crippen molar-refractivity contribution in [2.45, 2.75) is 10.7 Å². The number of nitrogens with zero attached hydrogens (tertiary/aromatic N) is 1. The zero-order chi connectivity index (χ0) is 12.5. The van der Waals surface area contributed by atoms with Crippen molar-refractivity contribution in [3.8, 4) is 0 Å². The lowest BCUT2D eigenvalue weighted by Gasteiger charge is -2.28. The molecule has 1 aromatic carbocycles. The summed E-state index contributed by atoms with van der Waals surface area (Å²) >= 11 is 0. The Morgan fingerprint density at radius 2 is 2.00 bits per heavy atom. The maximum absolute atomic E-state index is 11.3. The van der Waals surface area contributed by atoms with Gasteiger partial charge >= 0.3 is 0 Å². The molecule has 0 aromatic heterocycles. The van der Waals surface area contributed by atoms with Crippen LogP contribution in [0.2, 0.25) is 0 Å². The molecule has 5 nitrogen and oxygen atoms in total. The van der Waals surface area contributed by atoms with Crippen LogP contribution in [0.15, 0.2) is 46.4 Å². The SMILES string of the molecule is CS(=O)c1ccc(C2(N)N=C(N)C=CN2)cc1. The van der Waals surface area contributed by atoms with Crippen LogP contribution in [0.25, 0.3) is 0 Å². The van der Waals surface area contributed by atoms with E-state index in [1.807, 2.05) is 0 Å². The number of hydrogen-bond acceptors (Lipinski definition) is 5. The van der Waals surface area contributed by atoms with Gasteiger partial charge in [-0.2, -0.15) is 0 Å². The lowest BCUT2D eigenvalue weighted by atomic mass is 10.1. The molecule has 0 aliphatic carbocycles. The standard InChI is InChI=1S/C11H14N4OS/c1-17(16)9-4-2-8(3-5-9)11(13)14-7-6-10(12)15-11/h2-7,14H,13H2,1H3,(H2,12,15). The summed E-state index contributed by atoms with van der Waals surface area (Å²) in [7, 11) is -0.998. The molecule has 1 aliphatic heterocycles. The van der Waals surface area contributed by atoms with Crippen LogP contribution in [0.3, 0.4) is 0 Å². The zero-order valence-corrected chi connectivity index (χ0v) is 10.2. The molecule has 0 fully saturated rings. The monoisotopic (exact) mass is 250 g/mol. The van der Waals surface area contributed by atoms with Crippen molar-refractivity contribution >= 4 is 16.6 Å². The average Bonchev–Trinajstić information content (AvgIpc) is 2.29. The molecule has 1 aliphatic rings. The molecule has 90 valence electrons. The fraction of sp³-hybridized carbons (Fsp3) is 0.182. The Balaban J connectivity index is 2.34. The van der Waals surface area contributed by atoms with E-state index in [9.17, 15) is 4.21 Å². The Morgan fingerprint density at radius 3 is 2.53 bits per heavy atom. The predicted molar refractivity (Wildman–Crippen MR) is 68.5 cm³/mol. The highest BCUT2D eigenvalue weighted by Crippen LogP contribution is 2.20. The Labute approximate surface area is 102 Å². The second kappa shape index (κ2) is 4.31. The summed E-state index contributed by atoms with van der Waals surface area (Å²) in [6.07, 6.45) is 4.93. The molecule has 0 saturated heterocycles. The van der Waals surface area contributed by atoms with E-state index in [0.29, 0.717) is 5.84 Å². The highest BCUT2D eigenvalue weighted by molar-refractivity contribution is 7.84. The first-order valence-electron chi connectivity index (χ1n) is 5.04. The van der Waals surface area contributed by atoms with Crippen LogP contribution in [-0.2, 0) is 16.6 Å². The molecule has 0 amide bonds. The molecule has 0 bridgehead atoms. The summed E-state index contributed by atoms with van der Waals surface area (Å²) in [6, 6.07) is 7.12. The van der Waals surface area contributed by atoms with Gasteiger partial charge in [0.2, 0.25) is 5.79 Å². The Hall–Kier alpha value is -1.66. The highest BCUT2D eigenvalue weighted by atomic mass is 32.2. The molecule has 1 aromatic rings. The van der Waals surface area contributed by atoms with Crippen LogP contribution in [0, 0.1) is 0 Å². The molecule has 2 unspecified atom stereocenters. The first-order chi connectivity index (χ1) is 8.01. The number of nitrogens with one attached hydrogen (secondary N) is 1. The van der Waals surface area contributed by atoms with E-state index < -0.39 is 16.6 Å². The number of benzene rings is 1. The molecule has 6 heteroatoms. The molecule has 0 saturated carbocycles. The summed E-state index contributed by atoms with van der Waals surface area (Å²) < 4.78 is 11.3.